The number of rotatable bonds is 6. The molecule has 2 aliphatic rings. The Bertz CT molecular complexity index is 1100. The second-order valence-electron chi connectivity index (χ2n) is 9.82. The van der Waals surface area contributed by atoms with E-state index in [2.05, 4.69) is 35.3 Å². The molecule has 2 aliphatic heterocycles. The lowest BCUT2D eigenvalue weighted by molar-refractivity contribution is -0.140. The molecular formula is C28H38ClN3O3. The molecule has 1 fully saturated rings. The number of amides is 2. The standard InChI is InChI=1S/C28H37N3O3.ClH/c1-5-6-9-26(32)31-17-22-15-23(30-12-7-8-13-30)11-10-21(22)16-25(31)28(34)29-24-14-18(2)27(33)20(4)19(24)3;/h10-11,14-15,25,33H,5-9,12-13,16-17H2,1-4H3,(H,29,34);1H/t25-;/m0./s1. The van der Waals surface area contributed by atoms with E-state index in [1.165, 1.54) is 18.5 Å². The van der Waals surface area contributed by atoms with E-state index in [9.17, 15) is 14.7 Å². The summed E-state index contributed by atoms with van der Waals surface area (Å²) in [5, 5.41) is 13.3. The Hall–Kier alpha value is -2.73. The number of halogens is 1. The van der Waals surface area contributed by atoms with Gasteiger partial charge in [-0.2, -0.15) is 0 Å². The Balaban J connectivity index is 0.00000342. The highest BCUT2D eigenvalue weighted by molar-refractivity contribution is 5.98. The average molecular weight is 500 g/mol. The molecule has 2 aromatic carbocycles. The molecule has 6 nitrogen and oxygen atoms in total. The van der Waals surface area contributed by atoms with Crippen LogP contribution in [0.3, 0.4) is 0 Å². The Morgan fingerprint density at radius 3 is 2.46 bits per heavy atom. The minimum Gasteiger partial charge on any atom is -0.507 e. The maximum atomic E-state index is 13.5. The van der Waals surface area contributed by atoms with Crippen molar-refractivity contribution in [3.63, 3.8) is 0 Å². The Labute approximate surface area is 215 Å². The van der Waals surface area contributed by atoms with Crippen LogP contribution in [0.25, 0.3) is 0 Å². The van der Waals surface area contributed by atoms with Crippen LogP contribution in [0.15, 0.2) is 24.3 Å². The maximum Gasteiger partial charge on any atom is 0.247 e. The van der Waals surface area contributed by atoms with Gasteiger partial charge in [0.2, 0.25) is 11.8 Å². The highest BCUT2D eigenvalue weighted by Crippen LogP contribution is 2.33. The minimum absolute atomic E-state index is 0. The van der Waals surface area contributed by atoms with Crippen LogP contribution in [0.5, 0.6) is 5.75 Å². The number of aryl methyl sites for hydroxylation is 1. The predicted molar refractivity (Wildman–Crippen MR) is 144 cm³/mol. The van der Waals surface area contributed by atoms with E-state index in [4.69, 9.17) is 0 Å². The highest BCUT2D eigenvalue weighted by Gasteiger charge is 2.35. The predicted octanol–water partition coefficient (Wildman–Crippen LogP) is 5.42. The maximum absolute atomic E-state index is 13.5. The van der Waals surface area contributed by atoms with Gasteiger partial charge < -0.3 is 20.2 Å². The number of anilines is 2. The van der Waals surface area contributed by atoms with Gasteiger partial charge in [-0.15, -0.1) is 12.4 Å². The first-order valence-electron chi connectivity index (χ1n) is 12.6. The summed E-state index contributed by atoms with van der Waals surface area (Å²) in [7, 11) is 0. The summed E-state index contributed by atoms with van der Waals surface area (Å²) in [5.41, 5.74) is 6.50. The summed E-state index contributed by atoms with van der Waals surface area (Å²) in [6.45, 7) is 10.3. The summed E-state index contributed by atoms with van der Waals surface area (Å²) in [5.74, 6) is 0.119. The van der Waals surface area contributed by atoms with Crippen molar-refractivity contribution in [3.8, 4) is 5.75 Å². The Morgan fingerprint density at radius 1 is 1.06 bits per heavy atom. The molecule has 190 valence electrons. The Kier molecular flexibility index (Phi) is 8.70. The molecule has 0 unspecified atom stereocenters. The molecular weight excluding hydrogens is 462 g/mol. The second kappa shape index (κ2) is 11.3. The van der Waals surface area contributed by atoms with Crippen molar-refractivity contribution in [1.29, 1.82) is 0 Å². The van der Waals surface area contributed by atoms with Crippen LogP contribution in [0.4, 0.5) is 11.4 Å². The van der Waals surface area contributed by atoms with Gasteiger partial charge in [0, 0.05) is 43.9 Å². The van der Waals surface area contributed by atoms with Gasteiger partial charge >= 0.3 is 0 Å². The number of nitrogens with one attached hydrogen (secondary N) is 1. The van der Waals surface area contributed by atoms with Crippen LogP contribution in [-0.2, 0) is 22.6 Å². The monoisotopic (exact) mass is 499 g/mol. The van der Waals surface area contributed by atoms with E-state index in [-0.39, 0.29) is 30.0 Å². The number of phenolic OH excluding ortho intramolecular Hbond substituents is 1. The number of aromatic hydroxyl groups is 1. The van der Waals surface area contributed by atoms with Gasteiger partial charge in [-0.1, -0.05) is 19.4 Å². The van der Waals surface area contributed by atoms with Crippen LogP contribution in [0, 0.1) is 20.8 Å². The lowest BCUT2D eigenvalue weighted by atomic mass is 9.92. The zero-order chi connectivity index (χ0) is 24.4. The molecule has 7 heteroatoms. The molecule has 0 aliphatic carbocycles. The molecule has 2 N–H and O–H groups in total. The van der Waals surface area contributed by atoms with Gasteiger partial charge in [0.15, 0.2) is 0 Å². The zero-order valence-corrected chi connectivity index (χ0v) is 22.1. The van der Waals surface area contributed by atoms with Crippen LogP contribution in [0.1, 0.15) is 66.8 Å². The van der Waals surface area contributed by atoms with Gasteiger partial charge in [-0.25, -0.2) is 0 Å². The summed E-state index contributed by atoms with van der Waals surface area (Å²) in [4.78, 5) is 30.9. The third kappa shape index (κ3) is 5.58. The number of fused-ring (bicyclic) bond motifs is 1. The summed E-state index contributed by atoms with van der Waals surface area (Å²) >= 11 is 0. The largest absolute Gasteiger partial charge is 0.507 e. The molecule has 35 heavy (non-hydrogen) atoms. The van der Waals surface area contributed by atoms with E-state index in [1.807, 2.05) is 20.8 Å². The third-order valence-corrected chi connectivity index (χ3v) is 7.47. The smallest absolute Gasteiger partial charge is 0.247 e. The van der Waals surface area contributed by atoms with Crippen LogP contribution >= 0.6 is 12.4 Å². The highest BCUT2D eigenvalue weighted by atomic mass is 35.5. The van der Waals surface area contributed by atoms with Crippen LogP contribution < -0.4 is 10.2 Å². The molecule has 0 radical (unpaired) electrons. The zero-order valence-electron chi connectivity index (χ0n) is 21.3. The molecule has 0 bridgehead atoms. The van der Waals surface area contributed by atoms with Crippen molar-refractivity contribution in [2.45, 2.75) is 78.8 Å². The molecule has 0 saturated carbocycles. The number of carbonyl (C=O) groups excluding carboxylic acids is 2. The molecule has 2 amide bonds. The number of nitrogens with zero attached hydrogens (tertiary/aromatic N) is 2. The third-order valence-electron chi connectivity index (χ3n) is 7.47. The van der Waals surface area contributed by atoms with Gasteiger partial charge in [-0.3, -0.25) is 9.59 Å². The normalized spacial score (nSPS) is 17.1. The van der Waals surface area contributed by atoms with Gasteiger partial charge in [-0.05, 0) is 86.1 Å². The minimum atomic E-state index is -0.552. The fraction of sp³-hybridized carbons (Fsp3) is 0.500. The van der Waals surface area contributed by atoms with Crippen LogP contribution in [-0.4, -0.2) is 41.0 Å². The number of benzene rings is 2. The fourth-order valence-electron chi connectivity index (χ4n) is 5.13. The summed E-state index contributed by atoms with van der Waals surface area (Å²) < 4.78 is 0. The summed E-state index contributed by atoms with van der Waals surface area (Å²) in [6, 6.07) is 7.76. The van der Waals surface area contributed by atoms with E-state index in [1.54, 1.807) is 11.0 Å². The molecule has 2 aromatic rings. The molecule has 2 heterocycles. The quantitative estimate of drug-likeness (QED) is 0.520. The first-order valence-corrected chi connectivity index (χ1v) is 12.6. The Morgan fingerprint density at radius 2 is 1.77 bits per heavy atom. The second-order valence-corrected chi connectivity index (χ2v) is 9.82. The molecule has 4 rings (SSSR count). The number of carbonyl (C=O) groups is 2. The number of hydrogen-bond acceptors (Lipinski definition) is 4. The van der Waals surface area contributed by atoms with E-state index >= 15 is 0 Å². The van der Waals surface area contributed by atoms with Gasteiger partial charge in [0.05, 0.1) is 0 Å². The van der Waals surface area contributed by atoms with Crippen molar-refractivity contribution in [1.82, 2.24) is 4.90 Å². The van der Waals surface area contributed by atoms with Gasteiger partial charge in [0.25, 0.3) is 0 Å². The fourth-order valence-corrected chi connectivity index (χ4v) is 5.13. The van der Waals surface area contributed by atoms with E-state index < -0.39 is 6.04 Å². The van der Waals surface area contributed by atoms with Crippen molar-refractivity contribution in [3.05, 3.63) is 52.1 Å². The molecule has 0 spiro atoms. The van der Waals surface area contributed by atoms with Gasteiger partial charge in [0.1, 0.15) is 11.8 Å². The first-order chi connectivity index (χ1) is 16.3. The van der Waals surface area contributed by atoms with E-state index in [0.717, 1.165) is 53.7 Å². The van der Waals surface area contributed by atoms with Crippen molar-refractivity contribution in [2.75, 3.05) is 23.3 Å². The first kappa shape index (κ1) is 26.9. The number of unbranched alkanes of at least 4 members (excludes halogenated alkanes) is 1. The molecule has 0 aromatic heterocycles. The molecule has 1 saturated heterocycles. The lowest BCUT2D eigenvalue weighted by Crippen LogP contribution is -2.50. The molecule has 1 atom stereocenters. The SMILES string of the molecule is CCCCC(=O)N1Cc2cc(N3CCCC3)ccc2C[C@H]1C(=O)Nc1cc(C)c(O)c(C)c1C.Cl. The number of phenols is 1. The van der Waals surface area contributed by atoms with Crippen LogP contribution in [0.2, 0.25) is 0 Å². The lowest BCUT2D eigenvalue weighted by Gasteiger charge is -2.37. The average Bonchev–Trinajstić information content (AvgIpc) is 3.38. The topological polar surface area (TPSA) is 72.9 Å². The van der Waals surface area contributed by atoms with Crippen molar-refractivity contribution in [2.24, 2.45) is 0 Å². The van der Waals surface area contributed by atoms with Crippen molar-refractivity contribution < 1.29 is 14.7 Å². The summed E-state index contributed by atoms with van der Waals surface area (Å²) in [6.07, 6.45) is 5.16. The van der Waals surface area contributed by atoms with Crippen molar-refractivity contribution >= 4 is 35.6 Å². The number of hydrogen-bond donors (Lipinski definition) is 2. The van der Waals surface area contributed by atoms with E-state index in [0.29, 0.717) is 25.1 Å².